The molecule has 3 rings (SSSR count). The average molecular weight is 409 g/mol. The smallest absolute Gasteiger partial charge is 0.350 e. The molecule has 0 bridgehead atoms. The lowest BCUT2D eigenvalue weighted by atomic mass is 10.0. The topological polar surface area (TPSA) is 80.1 Å². The van der Waals surface area contributed by atoms with Crippen LogP contribution in [0.2, 0.25) is 0 Å². The van der Waals surface area contributed by atoms with E-state index in [-0.39, 0.29) is 31.5 Å². The minimum Gasteiger partial charge on any atom is -0.350 e. The Kier molecular flexibility index (Phi) is 5.90. The Bertz CT molecular complexity index is 894. The van der Waals surface area contributed by atoms with Crippen molar-refractivity contribution in [2.45, 2.75) is 45.6 Å². The van der Waals surface area contributed by atoms with E-state index < -0.39 is 23.7 Å². The van der Waals surface area contributed by atoms with E-state index in [4.69, 9.17) is 0 Å². The molecule has 2 heterocycles. The second-order valence-electron chi connectivity index (χ2n) is 7.48. The predicted molar refractivity (Wildman–Crippen MR) is 97.2 cm³/mol. The van der Waals surface area contributed by atoms with Crippen LogP contribution in [0.1, 0.15) is 43.1 Å². The number of rotatable bonds is 6. The van der Waals surface area contributed by atoms with Crippen molar-refractivity contribution < 1.29 is 22.8 Å². The van der Waals surface area contributed by atoms with Crippen LogP contribution in [0, 0.1) is 5.92 Å². The first-order chi connectivity index (χ1) is 13.6. The summed E-state index contributed by atoms with van der Waals surface area (Å²) in [5.41, 5.74) is 0.298. The molecule has 0 spiro atoms. The Labute approximate surface area is 165 Å². The lowest BCUT2D eigenvalue weighted by Crippen LogP contribution is -2.47. The van der Waals surface area contributed by atoms with Gasteiger partial charge in [0.2, 0.25) is 11.8 Å². The fraction of sp³-hybridized carbons (Fsp3) is 0.474. The molecule has 2 amide bonds. The van der Waals surface area contributed by atoms with E-state index in [1.165, 1.54) is 17.0 Å². The molecule has 2 aromatic rings. The second-order valence-corrected chi connectivity index (χ2v) is 7.48. The summed E-state index contributed by atoms with van der Waals surface area (Å²) in [6.07, 6.45) is -2.31. The third kappa shape index (κ3) is 4.93. The molecule has 1 aliphatic heterocycles. The van der Waals surface area contributed by atoms with Crippen LogP contribution in [-0.4, -0.2) is 38.3 Å². The van der Waals surface area contributed by atoms with Crippen molar-refractivity contribution in [1.29, 1.82) is 0 Å². The summed E-state index contributed by atoms with van der Waals surface area (Å²) in [6, 6.07) is 4.25. The van der Waals surface area contributed by atoms with Crippen LogP contribution in [0.25, 0.3) is 0 Å². The average Bonchev–Trinajstić information content (AvgIpc) is 3.11. The molecule has 0 unspecified atom stereocenters. The van der Waals surface area contributed by atoms with Crippen LogP contribution in [0.5, 0.6) is 0 Å². The van der Waals surface area contributed by atoms with E-state index in [1.807, 2.05) is 13.8 Å². The van der Waals surface area contributed by atoms with Gasteiger partial charge in [0.05, 0.1) is 24.0 Å². The normalized spacial score (nSPS) is 16.8. The summed E-state index contributed by atoms with van der Waals surface area (Å²) in [5.74, 6) is -0.415. The van der Waals surface area contributed by atoms with Gasteiger partial charge in [0.1, 0.15) is 12.6 Å². The molecule has 1 N–H and O–H groups in total. The molecule has 1 atom stereocenters. The molecule has 156 valence electrons. The monoisotopic (exact) mass is 409 g/mol. The van der Waals surface area contributed by atoms with E-state index in [2.05, 4.69) is 15.6 Å². The molecule has 0 saturated heterocycles. The Morgan fingerprint density at radius 1 is 1.34 bits per heavy atom. The highest BCUT2D eigenvalue weighted by atomic mass is 19.4. The number of fused-ring (bicyclic) bond motifs is 1. The number of aromatic nitrogens is 3. The summed E-state index contributed by atoms with van der Waals surface area (Å²) >= 11 is 0. The number of nitrogens with one attached hydrogen (secondary N) is 1. The Hall–Kier alpha value is -2.91. The van der Waals surface area contributed by atoms with Gasteiger partial charge < -0.3 is 10.2 Å². The van der Waals surface area contributed by atoms with Crippen LogP contribution in [0.4, 0.5) is 13.2 Å². The first-order valence-corrected chi connectivity index (χ1v) is 9.26. The van der Waals surface area contributed by atoms with Gasteiger partial charge in [-0.1, -0.05) is 31.2 Å². The molecule has 1 aromatic carbocycles. The van der Waals surface area contributed by atoms with E-state index in [0.717, 1.165) is 17.8 Å². The fourth-order valence-corrected chi connectivity index (χ4v) is 3.30. The highest BCUT2D eigenvalue weighted by Crippen LogP contribution is 2.29. The van der Waals surface area contributed by atoms with E-state index in [1.54, 1.807) is 10.9 Å². The first-order valence-electron chi connectivity index (χ1n) is 9.26. The van der Waals surface area contributed by atoms with Crippen molar-refractivity contribution in [3.8, 4) is 0 Å². The third-order valence-corrected chi connectivity index (χ3v) is 4.67. The number of halogens is 3. The zero-order chi connectivity index (χ0) is 21.2. The molecular formula is C19H22F3N5O2. The molecule has 0 fully saturated rings. The zero-order valence-electron chi connectivity index (χ0n) is 16.1. The third-order valence-electron chi connectivity index (χ3n) is 4.67. The van der Waals surface area contributed by atoms with Gasteiger partial charge in [0.15, 0.2) is 0 Å². The molecule has 7 nitrogen and oxygen atoms in total. The number of hydrogen-bond donors (Lipinski definition) is 1. The molecule has 10 heteroatoms. The van der Waals surface area contributed by atoms with Crippen LogP contribution in [0.15, 0.2) is 30.5 Å². The highest BCUT2D eigenvalue weighted by Gasteiger charge is 2.35. The first kappa shape index (κ1) is 20.8. The Balaban J connectivity index is 1.63. The SMILES string of the molecule is CC(C)C[C@H]1C(=O)N(CC(=O)NCc2cccc(C(F)(F)F)c2)Cc2cnnn21. The van der Waals surface area contributed by atoms with Crippen molar-refractivity contribution in [1.82, 2.24) is 25.2 Å². The molecule has 1 aliphatic rings. The molecule has 0 radical (unpaired) electrons. The zero-order valence-corrected chi connectivity index (χ0v) is 16.1. The summed E-state index contributed by atoms with van der Waals surface area (Å²) in [7, 11) is 0. The largest absolute Gasteiger partial charge is 0.416 e. The van der Waals surface area contributed by atoms with Gasteiger partial charge in [-0.25, -0.2) is 4.68 Å². The lowest BCUT2D eigenvalue weighted by molar-refractivity contribution is -0.142. The van der Waals surface area contributed by atoms with Crippen molar-refractivity contribution in [3.63, 3.8) is 0 Å². The van der Waals surface area contributed by atoms with Crippen molar-refractivity contribution >= 4 is 11.8 Å². The van der Waals surface area contributed by atoms with Crippen LogP contribution in [0.3, 0.4) is 0 Å². The van der Waals surface area contributed by atoms with Gasteiger partial charge in [-0.2, -0.15) is 13.2 Å². The number of carbonyl (C=O) groups is 2. The molecule has 0 aliphatic carbocycles. The highest BCUT2D eigenvalue weighted by molar-refractivity contribution is 5.87. The summed E-state index contributed by atoms with van der Waals surface area (Å²) in [4.78, 5) is 26.6. The number of benzene rings is 1. The van der Waals surface area contributed by atoms with Gasteiger partial charge in [-0.3, -0.25) is 9.59 Å². The van der Waals surface area contributed by atoms with Crippen LogP contribution in [-0.2, 0) is 28.9 Å². The lowest BCUT2D eigenvalue weighted by Gasteiger charge is -2.33. The quantitative estimate of drug-likeness (QED) is 0.795. The Morgan fingerprint density at radius 3 is 2.79 bits per heavy atom. The van der Waals surface area contributed by atoms with Crippen molar-refractivity contribution in [2.75, 3.05) is 6.54 Å². The molecule has 0 saturated carbocycles. The second kappa shape index (κ2) is 8.22. The Morgan fingerprint density at radius 2 is 2.10 bits per heavy atom. The predicted octanol–water partition coefficient (Wildman–Crippen LogP) is 2.54. The number of carbonyl (C=O) groups excluding carboxylic acids is 2. The van der Waals surface area contributed by atoms with E-state index in [9.17, 15) is 22.8 Å². The number of nitrogens with zero attached hydrogens (tertiary/aromatic N) is 4. The standard InChI is InChI=1S/C19H22F3N5O2/c1-12(2)6-16-18(29)26(10-15-9-24-25-27(15)16)11-17(28)23-8-13-4-3-5-14(7-13)19(20,21)22/h3-5,7,9,12,16H,6,8,10-11H2,1-2H3,(H,23,28)/t16-/m0/s1. The maximum absolute atomic E-state index is 12.8. The van der Waals surface area contributed by atoms with E-state index >= 15 is 0 Å². The maximum atomic E-state index is 12.8. The van der Waals surface area contributed by atoms with Gasteiger partial charge in [0, 0.05) is 6.54 Å². The van der Waals surface area contributed by atoms with Crippen LogP contribution < -0.4 is 5.32 Å². The minimum absolute atomic E-state index is 0.0559. The molecule has 1 aromatic heterocycles. The maximum Gasteiger partial charge on any atom is 0.416 e. The van der Waals surface area contributed by atoms with Gasteiger partial charge in [0.25, 0.3) is 0 Å². The number of hydrogen-bond acceptors (Lipinski definition) is 4. The molecular weight excluding hydrogens is 387 g/mol. The number of amides is 2. The summed E-state index contributed by atoms with van der Waals surface area (Å²) < 4.78 is 40.0. The van der Waals surface area contributed by atoms with Gasteiger partial charge >= 0.3 is 6.18 Å². The van der Waals surface area contributed by atoms with Crippen molar-refractivity contribution in [3.05, 3.63) is 47.3 Å². The number of alkyl halides is 3. The summed E-state index contributed by atoms with van der Waals surface area (Å²) in [6.45, 7) is 3.95. The molecule has 29 heavy (non-hydrogen) atoms. The van der Waals surface area contributed by atoms with Gasteiger partial charge in [-0.15, -0.1) is 5.10 Å². The minimum atomic E-state index is -4.44. The fourth-order valence-electron chi connectivity index (χ4n) is 3.30. The van der Waals surface area contributed by atoms with Crippen LogP contribution >= 0.6 is 0 Å². The van der Waals surface area contributed by atoms with Gasteiger partial charge in [-0.05, 0) is 30.0 Å². The van der Waals surface area contributed by atoms with Crippen molar-refractivity contribution in [2.24, 2.45) is 5.92 Å². The van der Waals surface area contributed by atoms with E-state index in [0.29, 0.717) is 12.0 Å². The summed E-state index contributed by atoms with van der Waals surface area (Å²) in [5, 5.41) is 10.4.